The summed E-state index contributed by atoms with van der Waals surface area (Å²) in [6.07, 6.45) is 0.467. The normalized spacial score (nSPS) is 28.9. The first-order valence-corrected chi connectivity index (χ1v) is 5.38. The third-order valence-electron chi connectivity index (χ3n) is 3.30. The molecule has 0 aromatic carbocycles. The van der Waals surface area contributed by atoms with Crippen LogP contribution in [0.1, 0.15) is 25.7 Å². The Labute approximate surface area is 91.8 Å². The van der Waals surface area contributed by atoms with E-state index < -0.39 is 36.6 Å². The molecule has 1 saturated heterocycles. The van der Waals surface area contributed by atoms with Crippen LogP contribution in [0.25, 0.3) is 0 Å². The molecule has 0 aromatic heterocycles. The van der Waals surface area contributed by atoms with Crippen LogP contribution in [0, 0.1) is 5.92 Å². The van der Waals surface area contributed by atoms with Gasteiger partial charge < -0.3 is 10.6 Å². The van der Waals surface area contributed by atoms with Crippen molar-refractivity contribution in [1.82, 2.24) is 4.90 Å². The molecule has 1 unspecified atom stereocenters. The molecule has 2 rings (SSSR count). The van der Waals surface area contributed by atoms with Crippen molar-refractivity contribution in [1.29, 1.82) is 0 Å². The average Bonchev–Trinajstić information content (AvgIpc) is 2.60. The molecule has 1 aliphatic heterocycles. The second-order valence-electron chi connectivity index (χ2n) is 4.55. The van der Waals surface area contributed by atoms with Crippen LogP contribution in [0.15, 0.2) is 0 Å². The number of alkyl halides is 2. The number of rotatable bonds is 2. The van der Waals surface area contributed by atoms with E-state index in [1.54, 1.807) is 0 Å². The molecule has 1 saturated carbocycles. The highest BCUT2D eigenvalue weighted by Gasteiger charge is 2.51. The van der Waals surface area contributed by atoms with E-state index in [9.17, 15) is 18.4 Å². The zero-order chi connectivity index (χ0) is 11.9. The van der Waals surface area contributed by atoms with Crippen LogP contribution in [0.3, 0.4) is 0 Å². The Morgan fingerprint density at radius 3 is 2.44 bits per heavy atom. The summed E-state index contributed by atoms with van der Waals surface area (Å²) in [5.74, 6) is -4.22. The first kappa shape index (κ1) is 11.3. The van der Waals surface area contributed by atoms with Crippen molar-refractivity contribution in [3.8, 4) is 0 Å². The van der Waals surface area contributed by atoms with Gasteiger partial charge in [0.15, 0.2) is 0 Å². The van der Waals surface area contributed by atoms with E-state index in [4.69, 9.17) is 5.73 Å². The number of hydrogen-bond donors (Lipinski definition) is 1. The maximum absolute atomic E-state index is 12.6. The van der Waals surface area contributed by atoms with Gasteiger partial charge in [-0.1, -0.05) is 0 Å². The van der Waals surface area contributed by atoms with Gasteiger partial charge in [-0.15, -0.1) is 0 Å². The molecule has 4 nitrogen and oxygen atoms in total. The van der Waals surface area contributed by atoms with E-state index in [0.717, 1.165) is 0 Å². The van der Waals surface area contributed by atoms with Crippen LogP contribution in [0.2, 0.25) is 0 Å². The Balaban J connectivity index is 1.97. The Hall–Kier alpha value is -1.20. The minimum Gasteiger partial charge on any atom is -0.368 e. The fourth-order valence-corrected chi connectivity index (χ4v) is 2.40. The third kappa shape index (κ3) is 1.88. The van der Waals surface area contributed by atoms with Gasteiger partial charge >= 0.3 is 0 Å². The molecule has 0 radical (unpaired) electrons. The number of carbonyl (C=O) groups excluding carboxylic acids is 2. The van der Waals surface area contributed by atoms with Crippen molar-refractivity contribution >= 4 is 11.8 Å². The zero-order valence-corrected chi connectivity index (χ0v) is 8.79. The van der Waals surface area contributed by atoms with E-state index in [0.29, 0.717) is 19.4 Å². The summed E-state index contributed by atoms with van der Waals surface area (Å²) in [7, 11) is 0. The quantitative estimate of drug-likeness (QED) is 0.753. The smallest absolute Gasteiger partial charge is 0.249 e. The largest absolute Gasteiger partial charge is 0.368 e. The highest BCUT2D eigenvalue weighted by atomic mass is 19.3. The van der Waals surface area contributed by atoms with Crippen molar-refractivity contribution < 1.29 is 18.4 Å². The Kier molecular flexibility index (Phi) is 2.59. The van der Waals surface area contributed by atoms with E-state index in [2.05, 4.69) is 0 Å². The number of nitrogens with two attached hydrogens (primary N) is 1. The standard InChI is InChI=1S/C10H14F2N2O2/c11-10(12)4-6(5-10)9(16)14-3-1-2-7(14)8(13)15/h6-7H,1-5H2,(H2,13,15). The summed E-state index contributed by atoms with van der Waals surface area (Å²) in [6, 6.07) is -0.596. The van der Waals surface area contributed by atoms with Gasteiger partial charge in [-0.25, -0.2) is 8.78 Å². The molecular weight excluding hydrogens is 218 g/mol. The Bertz CT molecular complexity index is 325. The van der Waals surface area contributed by atoms with Gasteiger partial charge in [-0.2, -0.15) is 0 Å². The third-order valence-corrected chi connectivity index (χ3v) is 3.30. The van der Waals surface area contributed by atoms with Crippen LogP contribution in [-0.2, 0) is 9.59 Å². The molecular formula is C10H14F2N2O2. The number of halogens is 2. The number of amides is 2. The molecule has 16 heavy (non-hydrogen) atoms. The van der Waals surface area contributed by atoms with Crippen molar-refractivity contribution in [3.05, 3.63) is 0 Å². The van der Waals surface area contributed by atoms with E-state index >= 15 is 0 Å². The molecule has 90 valence electrons. The van der Waals surface area contributed by atoms with Gasteiger partial charge in [-0.3, -0.25) is 9.59 Å². The number of hydrogen-bond acceptors (Lipinski definition) is 2. The van der Waals surface area contributed by atoms with Crippen molar-refractivity contribution in [2.24, 2.45) is 11.7 Å². The first-order chi connectivity index (χ1) is 7.41. The minimum absolute atomic E-state index is 0.341. The molecule has 2 N–H and O–H groups in total. The molecule has 0 spiro atoms. The molecule has 2 amide bonds. The summed E-state index contributed by atoms with van der Waals surface area (Å²) < 4.78 is 25.3. The van der Waals surface area contributed by atoms with E-state index in [1.165, 1.54) is 4.90 Å². The second-order valence-corrected chi connectivity index (χ2v) is 4.55. The molecule has 2 aliphatic rings. The van der Waals surface area contributed by atoms with Gasteiger partial charge in [0.25, 0.3) is 0 Å². The average molecular weight is 232 g/mol. The molecule has 6 heteroatoms. The number of nitrogens with zero attached hydrogens (tertiary/aromatic N) is 1. The summed E-state index contributed by atoms with van der Waals surface area (Å²) in [5, 5.41) is 0. The van der Waals surface area contributed by atoms with Gasteiger partial charge in [0.1, 0.15) is 6.04 Å². The van der Waals surface area contributed by atoms with Crippen LogP contribution >= 0.6 is 0 Å². The number of likely N-dealkylation sites (tertiary alicyclic amines) is 1. The zero-order valence-electron chi connectivity index (χ0n) is 8.79. The lowest BCUT2D eigenvalue weighted by molar-refractivity contribution is -0.161. The molecule has 2 fully saturated rings. The lowest BCUT2D eigenvalue weighted by Gasteiger charge is -2.37. The van der Waals surface area contributed by atoms with Crippen LogP contribution < -0.4 is 5.73 Å². The summed E-state index contributed by atoms with van der Waals surface area (Å²) in [5.41, 5.74) is 5.16. The maximum Gasteiger partial charge on any atom is 0.249 e. The molecule has 1 heterocycles. The lowest BCUT2D eigenvalue weighted by atomic mass is 9.80. The Morgan fingerprint density at radius 1 is 1.31 bits per heavy atom. The minimum atomic E-state index is -2.71. The van der Waals surface area contributed by atoms with Crippen LogP contribution in [0.4, 0.5) is 8.78 Å². The molecule has 0 aromatic rings. The maximum atomic E-state index is 12.6. The highest BCUT2D eigenvalue weighted by Crippen LogP contribution is 2.43. The second kappa shape index (κ2) is 3.68. The number of carbonyl (C=O) groups is 2. The summed E-state index contributed by atoms with van der Waals surface area (Å²) in [6.45, 7) is 0.453. The van der Waals surface area contributed by atoms with Gasteiger partial charge in [0.2, 0.25) is 17.7 Å². The van der Waals surface area contributed by atoms with Crippen LogP contribution in [-0.4, -0.2) is 35.2 Å². The van der Waals surface area contributed by atoms with Crippen molar-refractivity contribution in [3.63, 3.8) is 0 Å². The Morgan fingerprint density at radius 2 is 1.94 bits per heavy atom. The lowest BCUT2D eigenvalue weighted by Crippen LogP contribution is -2.51. The SMILES string of the molecule is NC(=O)C1CCCN1C(=O)C1CC(F)(F)C1. The molecule has 0 bridgehead atoms. The fraction of sp³-hybridized carbons (Fsp3) is 0.800. The summed E-state index contributed by atoms with van der Waals surface area (Å²) >= 11 is 0. The molecule has 1 aliphatic carbocycles. The molecule has 1 atom stereocenters. The van der Waals surface area contributed by atoms with Crippen LogP contribution in [0.5, 0.6) is 0 Å². The van der Waals surface area contributed by atoms with Crippen molar-refractivity contribution in [2.45, 2.75) is 37.6 Å². The van der Waals surface area contributed by atoms with Gasteiger partial charge in [0.05, 0.1) is 0 Å². The highest BCUT2D eigenvalue weighted by molar-refractivity contribution is 5.88. The first-order valence-electron chi connectivity index (χ1n) is 5.38. The van der Waals surface area contributed by atoms with E-state index in [1.807, 2.05) is 0 Å². The topological polar surface area (TPSA) is 63.4 Å². The van der Waals surface area contributed by atoms with Gasteiger partial charge in [0, 0.05) is 25.3 Å². The van der Waals surface area contributed by atoms with Gasteiger partial charge in [-0.05, 0) is 12.8 Å². The predicted octanol–water partition coefficient (Wildman–Crippen LogP) is 0.508. The summed E-state index contributed by atoms with van der Waals surface area (Å²) in [4.78, 5) is 24.2. The fourth-order valence-electron chi connectivity index (χ4n) is 2.40. The van der Waals surface area contributed by atoms with E-state index in [-0.39, 0.29) is 5.91 Å². The van der Waals surface area contributed by atoms with Crippen molar-refractivity contribution in [2.75, 3.05) is 6.54 Å². The number of primary amides is 1. The predicted molar refractivity (Wildman–Crippen MR) is 51.6 cm³/mol. The monoisotopic (exact) mass is 232 g/mol.